The molecule has 10 aromatic rings. The van der Waals surface area contributed by atoms with E-state index < -0.39 is 0 Å². The van der Waals surface area contributed by atoms with Gasteiger partial charge >= 0.3 is 0 Å². The van der Waals surface area contributed by atoms with Crippen molar-refractivity contribution in [2.75, 3.05) is 0 Å². The average molecular weight is 751 g/mol. The van der Waals surface area contributed by atoms with E-state index >= 15 is 0 Å². The Hall–Kier alpha value is -6.85. The van der Waals surface area contributed by atoms with Crippen LogP contribution in [0.2, 0.25) is 0 Å². The van der Waals surface area contributed by atoms with Crippen molar-refractivity contribution in [2.24, 2.45) is 0 Å². The third-order valence-corrected chi connectivity index (χ3v) is 12.6. The second-order valence-electron chi connectivity index (χ2n) is 17.1. The van der Waals surface area contributed by atoms with Crippen LogP contribution in [0.4, 0.5) is 0 Å². The Morgan fingerprint density at radius 1 is 0.448 bits per heavy atom. The van der Waals surface area contributed by atoms with Crippen molar-refractivity contribution in [3.05, 3.63) is 169 Å². The molecule has 5 heteroatoms. The highest BCUT2D eigenvalue weighted by Crippen LogP contribution is 2.48. The SMILES string of the molecule is CC1(C)CCC(C)(C)c2cc3c(cc21)c1ccccc1n3-c1ccc(-c2nc(-c3ccccc3)nc(-c3ccc(-c4cccc5c4oc4ccccc45)cc3)n2)cc1. The number of para-hydroxylation sites is 3. The van der Waals surface area contributed by atoms with Gasteiger partial charge in [0, 0.05) is 49.5 Å². The first kappa shape index (κ1) is 34.4. The molecule has 7 aromatic carbocycles. The van der Waals surface area contributed by atoms with Crippen molar-refractivity contribution in [3.8, 4) is 51.0 Å². The van der Waals surface area contributed by atoms with E-state index in [0.717, 1.165) is 55.4 Å². The maximum absolute atomic E-state index is 6.36. The summed E-state index contributed by atoms with van der Waals surface area (Å²) in [5.41, 5.74) is 13.4. The molecule has 0 spiro atoms. The second-order valence-corrected chi connectivity index (χ2v) is 17.1. The van der Waals surface area contributed by atoms with Crippen molar-refractivity contribution >= 4 is 43.7 Å². The van der Waals surface area contributed by atoms with Crippen LogP contribution < -0.4 is 0 Å². The number of hydrogen-bond acceptors (Lipinski definition) is 4. The van der Waals surface area contributed by atoms with Gasteiger partial charge in [0.05, 0.1) is 11.0 Å². The number of rotatable bonds is 5. The van der Waals surface area contributed by atoms with Crippen LogP contribution >= 0.6 is 0 Å². The van der Waals surface area contributed by atoms with Crippen LogP contribution in [0.25, 0.3) is 94.7 Å². The Morgan fingerprint density at radius 2 is 0.983 bits per heavy atom. The molecule has 0 unspecified atom stereocenters. The summed E-state index contributed by atoms with van der Waals surface area (Å²) in [6.07, 6.45) is 2.37. The molecule has 3 heterocycles. The molecule has 0 radical (unpaired) electrons. The first-order chi connectivity index (χ1) is 28.2. The molecule has 58 heavy (non-hydrogen) atoms. The van der Waals surface area contributed by atoms with Crippen LogP contribution in [0.1, 0.15) is 51.7 Å². The minimum Gasteiger partial charge on any atom is -0.455 e. The summed E-state index contributed by atoms with van der Waals surface area (Å²) in [4.78, 5) is 15.2. The Balaban J connectivity index is 1.00. The summed E-state index contributed by atoms with van der Waals surface area (Å²) in [7, 11) is 0. The molecule has 0 N–H and O–H groups in total. The van der Waals surface area contributed by atoms with Crippen LogP contribution in [0.15, 0.2) is 162 Å². The lowest BCUT2D eigenvalue weighted by molar-refractivity contribution is 0.332. The standard InChI is InChI=1S/C53H42N4O/c1-52(2)29-30-53(3,4)44-32-46-42(31-43(44)52)39-15-8-10-19-45(39)57(46)37-27-25-36(26-28-37)51-55-49(34-13-6-5-7-14-34)54-50(56-51)35-23-21-33(22-24-35)38-17-12-18-41-40-16-9-11-20-47(40)58-48(38)41/h5-28,31-32H,29-30H2,1-4H3. The third-order valence-electron chi connectivity index (χ3n) is 12.6. The van der Waals surface area contributed by atoms with E-state index in [1.807, 2.05) is 42.5 Å². The van der Waals surface area contributed by atoms with Crippen LogP contribution in [0.3, 0.4) is 0 Å². The molecule has 0 saturated carbocycles. The Kier molecular flexibility index (Phi) is 7.61. The smallest absolute Gasteiger partial charge is 0.164 e. The zero-order valence-corrected chi connectivity index (χ0v) is 33.1. The zero-order valence-electron chi connectivity index (χ0n) is 33.1. The number of fused-ring (bicyclic) bond motifs is 7. The zero-order chi connectivity index (χ0) is 39.2. The van der Waals surface area contributed by atoms with E-state index in [9.17, 15) is 0 Å². The highest BCUT2D eigenvalue weighted by molar-refractivity contribution is 6.11. The predicted octanol–water partition coefficient (Wildman–Crippen LogP) is 13.9. The van der Waals surface area contributed by atoms with E-state index in [-0.39, 0.29) is 10.8 Å². The molecule has 11 rings (SSSR count). The predicted molar refractivity (Wildman–Crippen MR) is 238 cm³/mol. The first-order valence-corrected chi connectivity index (χ1v) is 20.2. The maximum atomic E-state index is 6.36. The Morgan fingerprint density at radius 3 is 1.67 bits per heavy atom. The topological polar surface area (TPSA) is 56.7 Å². The van der Waals surface area contributed by atoms with Gasteiger partial charge in [0.25, 0.3) is 0 Å². The normalized spacial score (nSPS) is 14.7. The minimum atomic E-state index is 0.111. The molecule has 1 aliphatic rings. The van der Waals surface area contributed by atoms with E-state index in [0.29, 0.717) is 17.5 Å². The molecule has 0 amide bonds. The largest absolute Gasteiger partial charge is 0.455 e. The van der Waals surface area contributed by atoms with Gasteiger partial charge in [-0.3, -0.25) is 0 Å². The van der Waals surface area contributed by atoms with E-state index in [2.05, 4.69) is 148 Å². The Bertz CT molecular complexity index is 3210. The van der Waals surface area contributed by atoms with E-state index in [1.165, 1.54) is 45.8 Å². The molecule has 0 fully saturated rings. The second kappa shape index (κ2) is 12.8. The van der Waals surface area contributed by atoms with Crippen LogP contribution in [-0.4, -0.2) is 19.5 Å². The fraction of sp³-hybridized carbons (Fsp3) is 0.151. The number of aromatic nitrogens is 4. The van der Waals surface area contributed by atoms with Crippen LogP contribution in [0, 0.1) is 0 Å². The molecule has 0 bridgehead atoms. The summed E-state index contributed by atoms with van der Waals surface area (Å²) < 4.78 is 8.78. The van der Waals surface area contributed by atoms with Crippen LogP contribution in [0.5, 0.6) is 0 Å². The summed E-state index contributed by atoms with van der Waals surface area (Å²) >= 11 is 0. The lowest BCUT2D eigenvalue weighted by atomic mass is 9.63. The number of furan rings is 1. The lowest BCUT2D eigenvalue weighted by Crippen LogP contribution is -2.33. The number of nitrogens with zero attached hydrogens (tertiary/aromatic N) is 4. The third kappa shape index (κ3) is 5.48. The lowest BCUT2D eigenvalue weighted by Gasteiger charge is -2.42. The van der Waals surface area contributed by atoms with Gasteiger partial charge in [0.1, 0.15) is 11.2 Å². The molecule has 0 atom stereocenters. The van der Waals surface area contributed by atoms with E-state index in [1.54, 1.807) is 0 Å². The number of benzene rings is 7. The fourth-order valence-electron chi connectivity index (χ4n) is 9.19. The highest BCUT2D eigenvalue weighted by Gasteiger charge is 2.38. The summed E-state index contributed by atoms with van der Waals surface area (Å²) in [6, 6.07) is 55.6. The summed E-state index contributed by atoms with van der Waals surface area (Å²) in [6.45, 7) is 9.61. The molecule has 1 aliphatic carbocycles. The van der Waals surface area contributed by atoms with Gasteiger partial charge < -0.3 is 8.98 Å². The van der Waals surface area contributed by atoms with Gasteiger partial charge in [-0.2, -0.15) is 0 Å². The molecular formula is C53H42N4O. The van der Waals surface area contributed by atoms with Gasteiger partial charge in [0.2, 0.25) is 0 Å². The van der Waals surface area contributed by atoms with E-state index in [4.69, 9.17) is 19.4 Å². The minimum absolute atomic E-state index is 0.111. The van der Waals surface area contributed by atoms with Gasteiger partial charge in [-0.05, 0) is 88.9 Å². The number of hydrogen-bond donors (Lipinski definition) is 0. The molecule has 280 valence electrons. The summed E-state index contributed by atoms with van der Waals surface area (Å²) in [5.74, 6) is 1.89. The molecule has 0 aliphatic heterocycles. The quantitative estimate of drug-likeness (QED) is 0.176. The van der Waals surface area contributed by atoms with Crippen molar-refractivity contribution < 1.29 is 4.42 Å². The van der Waals surface area contributed by atoms with Crippen molar-refractivity contribution in [3.63, 3.8) is 0 Å². The van der Waals surface area contributed by atoms with Gasteiger partial charge in [-0.1, -0.05) is 137 Å². The Labute approximate surface area is 337 Å². The van der Waals surface area contributed by atoms with Crippen molar-refractivity contribution in [2.45, 2.75) is 51.4 Å². The van der Waals surface area contributed by atoms with Gasteiger partial charge in [0.15, 0.2) is 17.5 Å². The highest BCUT2D eigenvalue weighted by atomic mass is 16.3. The molecule has 3 aromatic heterocycles. The molecule has 5 nitrogen and oxygen atoms in total. The maximum Gasteiger partial charge on any atom is 0.164 e. The van der Waals surface area contributed by atoms with Crippen molar-refractivity contribution in [1.29, 1.82) is 0 Å². The van der Waals surface area contributed by atoms with Crippen LogP contribution in [-0.2, 0) is 10.8 Å². The van der Waals surface area contributed by atoms with Crippen molar-refractivity contribution in [1.82, 2.24) is 19.5 Å². The monoisotopic (exact) mass is 750 g/mol. The summed E-state index contributed by atoms with van der Waals surface area (Å²) in [5, 5.41) is 4.82. The molecular weight excluding hydrogens is 709 g/mol. The van der Waals surface area contributed by atoms with Gasteiger partial charge in [-0.15, -0.1) is 0 Å². The first-order valence-electron chi connectivity index (χ1n) is 20.2. The van der Waals surface area contributed by atoms with Gasteiger partial charge in [-0.25, -0.2) is 15.0 Å². The molecule has 0 saturated heterocycles. The fourth-order valence-corrected chi connectivity index (χ4v) is 9.19. The average Bonchev–Trinajstić information content (AvgIpc) is 3.81.